The first-order chi connectivity index (χ1) is 10.1. The van der Waals surface area contributed by atoms with Crippen LogP contribution in [0.1, 0.15) is 17.5 Å². The van der Waals surface area contributed by atoms with Gasteiger partial charge in [0.2, 0.25) is 5.91 Å². The lowest BCUT2D eigenvalue weighted by molar-refractivity contribution is -0.121. The molecule has 1 N–H and O–H groups in total. The Morgan fingerprint density at radius 2 is 1.95 bits per heavy atom. The summed E-state index contributed by atoms with van der Waals surface area (Å²) in [5, 5.41) is 3.37. The molecule has 0 aliphatic heterocycles. The molecule has 0 saturated heterocycles. The summed E-state index contributed by atoms with van der Waals surface area (Å²) in [6.45, 7) is 0.173. The zero-order valence-electron chi connectivity index (χ0n) is 11.2. The van der Waals surface area contributed by atoms with E-state index in [1.165, 1.54) is 6.07 Å². The zero-order chi connectivity index (χ0) is 15.2. The van der Waals surface area contributed by atoms with E-state index in [1.54, 1.807) is 18.2 Å². The molecular formula is C16H14BrClFNO. The third kappa shape index (κ3) is 4.83. The summed E-state index contributed by atoms with van der Waals surface area (Å²) in [6, 6.07) is 12.1. The summed E-state index contributed by atoms with van der Waals surface area (Å²) in [4.78, 5) is 11.8. The number of carbonyl (C=O) groups is 1. The van der Waals surface area contributed by atoms with Gasteiger partial charge in [-0.15, -0.1) is 0 Å². The molecular weight excluding hydrogens is 357 g/mol. The Morgan fingerprint density at radius 3 is 2.71 bits per heavy atom. The number of hydrogen-bond acceptors (Lipinski definition) is 1. The number of benzene rings is 2. The highest BCUT2D eigenvalue weighted by atomic mass is 79.9. The van der Waals surface area contributed by atoms with E-state index in [2.05, 4.69) is 21.2 Å². The van der Waals surface area contributed by atoms with Crippen LogP contribution < -0.4 is 5.32 Å². The Morgan fingerprint density at radius 1 is 1.19 bits per heavy atom. The maximum absolute atomic E-state index is 13.5. The van der Waals surface area contributed by atoms with Crippen molar-refractivity contribution in [3.05, 3.63) is 68.9 Å². The fourth-order valence-corrected chi connectivity index (χ4v) is 2.55. The van der Waals surface area contributed by atoms with Crippen LogP contribution in [0.15, 0.2) is 46.9 Å². The molecule has 0 fully saturated rings. The largest absolute Gasteiger partial charge is 0.352 e. The fourth-order valence-electron chi connectivity index (χ4n) is 1.91. The molecule has 2 nitrogen and oxygen atoms in total. The minimum atomic E-state index is -0.329. The van der Waals surface area contributed by atoms with Crippen LogP contribution >= 0.6 is 27.5 Å². The van der Waals surface area contributed by atoms with Crippen molar-refractivity contribution in [3.63, 3.8) is 0 Å². The molecule has 0 aromatic heterocycles. The maximum Gasteiger partial charge on any atom is 0.220 e. The van der Waals surface area contributed by atoms with E-state index in [-0.39, 0.29) is 18.3 Å². The summed E-state index contributed by atoms with van der Waals surface area (Å²) in [6.07, 6.45) is 0.881. The molecule has 0 unspecified atom stereocenters. The quantitative estimate of drug-likeness (QED) is 0.825. The van der Waals surface area contributed by atoms with Gasteiger partial charge in [0.25, 0.3) is 0 Å². The Bertz CT molecular complexity index is 648. The SMILES string of the molecule is O=C(CCc1ccccc1Cl)NCc1cc(Br)ccc1F. The third-order valence-corrected chi connectivity index (χ3v) is 3.92. The number of amides is 1. The van der Waals surface area contributed by atoms with E-state index >= 15 is 0 Å². The number of rotatable bonds is 5. The van der Waals surface area contributed by atoms with Crippen molar-refractivity contribution >= 4 is 33.4 Å². The highest BCUT2D eigenvalue weighted by molar-refractivity contribution is 9.10. The van der Waals surface area contributed by atoms with Gasteiger partial charge in [-0.05, 0) is 36.2 Å². The highest BCUT2D eigenvalue weighted by Crippen LogP contribution is 2.17. The lowest BCUT2D eigenvalue weighted by Gasteiger charge is -2.07. The van der Waals surface area contributed by atoms with Gasteiger partial charge in [0.15, 0.2) is 0 Å². The number of aryl methyl sites for hydroxylation is 1. The van der Waals surface area contributed by atoms with E-state index < -0.39 is 0 Å². The van der Waals surface area contributed by atoms with Crippen molar-refractivity contribution in [2.75, 3.05) is 0 Å². The Labute approximate surface area is 136 Å². The molecule has 110 valence electrons. The van der Waals surface area contributed by atoms with Crippen LogP contribution in [0.25, 0.3) is 0 Å². The second kappa shape index (κ2) is 7.57. The van der Waals surface area contributed by atoms with Gasteiger partial charge in [-0.1, -0.05) is 45.7 Å². The van der Waals surface area contributed by atoms with Gasteiger partial charge in [-0.3, -0.25) is 4.79 Å². The Balaban J connectivity index is 1.85. The summed E-state index contributed by atoms with van der Waals surface area (Å²) < 4.78 is 14.3. The molecule has 0 radical (unpaired) electrons. The molecule has 2 aromatic rings. The van der Waals surface area contributed by atoms with Crippen molar-refractivity contribution in [1.82, 2.24) is 5.32 Å². The Hall–Kier alpha value is -1.39. The standard InChI is InChI=1S/C16H14BrClFNO/c17-13-6-7-15(19)12(9-13)10-20-16(21)8-5-11-3-1-2-4-14(11)18/h1-4,6-7,9H,5,8,10H2,(H,20,21). The van der Waals surface area contributed by atoms with Crippen molar-refractivity contribution in [3.8, 4) is 0 Å². The number of nitrogens with one attached hydrogen (secondary N) is 1. The second-order valence-corrected chi connectivity index (χ2v) is 5.93. The zero-order valence-corrected chi connectivity index (χ0v) is 13.5. The maximum atomic E-state index is 13.5. The van der Waals surface area contributed by atoms with Gasteiger partial charge >= 0.3 is 0 Å². The monoisotopic (exact) mass is 369 g/mol. The molecule has 5 heteroatoms. The first-order valence-electron chi connectivity index (χ1n) is 6.50. The lowest BCUT2D eigenvalue weighted by Crippen LogP contribution is -2.23. The van der Waals surface area contributed by atoms with Crippen LogP contribution in [0.3, 0.4) is 0 Å². The van der Waals surface area contributed by atoms with Crippen LogP contribution in [0, 0.1) is 5.82 Å². The van der Waals surface area contributed by atoms with Crippen LogP contribution in [0.2, 0.25) is 5.02 Å². The van der Waals surface area contributed by atoms with Gasteiger partial charge in [0, 0.05) is 28.0 Å². The van der Waals surface area contributed by atoms with Gasteiger partial charge in [0.05, 0.1) is 0 Å². The van der Waals surface area contributed by atoms with Crippen LogP contribution in [0.5, 0.6) is 0 Å². The molecule has 0 saturated carbocycles. The second-order valence-electron chi connectivity index (χ2n) is 4.60. The lowest BCUT2D eigenvalue weighted by atomic mass is 10.1. The van der Waals surface area contributed by atoms with Gasteiger partial charge in [-0.2, -0.15) is 0 Å². The van der Waals surface area contributed by atoms with Crippen LogP contribution in [-0.4, -0.2) is 5.91 Å². The molecule has 0 aliphatic carbocycles. The fraction of sp³-hybridized carbons (Fsp3) is 0.188. The van der Waals surface area contributed by atoms with E-state index in [0.717, 1.165) is 10.0 Å². The number of hydrogen-bond donors (Lipinski definition) is 1. The van der Waals surface area contributed by atoms with Gasteiger partial charge < -0.3 is 5.32 Å². The van der Waals surface area contributed by atoms with Gasteiger partial charge in [-0.25, -0.2) is 4.39 Å². The predicted octanol–water partition coefficient (Wildman–Crippen LogP) is 4.49. The molecule has 21 heavy (non-hydrogen) atoms. The summed E-state index contributed by atoms with van der Waals surface area (Å²) in [5.74, 6) is -0.459. The molecule has 2 aromatic carbocycles. The summed E-state index contributed by atoms with van der Waals surface area (Å²) in [7, 11) is 0. The molecule has 0 bridgehead atoms. The molecule has 0 atom stereocenters. The number of halogens is 3. The van der Waals surface area contributed by atoms with Crippen molar-refractivity contribution in [2.24, 2.45) is 0 Å². The van der Waals surface area contributed by atoms with Gasteiger partial charge in [0.1, 0.15) is 5.82 Å². The van der Waals surface area contributed by atoms with Crippen molar-refractivity contribution in [1.29, 1.82) is 0 Å². The average Bonchev–Trinajstić information content (AvgIpc) is 2.47. The Kier molecular flexibility index (Phi) is 5.76. The van der Waals surface area contributed by atoms with Crippen LogP contribution in [0.4, 0.5) is 4.39 Å². The van der Waals surface area contributed by atoms with E-state index in [4.69, 9.17) is 11.6 Å². The molecule has 0 spiro atoms. The normalized spacial score (nSPS) is 10.4. The molecule has 0 heterocycles. The minimum absolute atomic E-state index is 0.130. The first-order valence-corrected chi connectivity index (χ1v) is 7.67. The predicted molar refractivity (Wildman–Crippen MR) is 85.7 cm³/mol. The summed E-state index contributed by atoms with van der Waals surface area (Å²) >= 11 is 9.31. The average molecular weight is 371 g/mol. The highest BCUT2D eigenvalue weighted by Gasteiger charge is 2.07. The minimum Gasteiger partial charge on any atom is -0.352 e. The van der Waals surface area contributed by atoms with E-state index in [1.807, 2.05) is 18.2 Å². The van der Waals surface area contributed by atoms with Crippen molar-refractivity contribution in [2.45, 2.75) is 19.4 Å². The summed E-state index contributed by atoms with van der Waals surface area (Å²) in [5.41, 5.74) is 1.39. The van der Waals surface area contributed by atoms with E-state index in [0.29, 0.717) is 23.4 Å². The van der Waals surface area contributed by atoms with Crippen molar-refractivity contribution < 1.29 is 9.18 Å². The topological polar surface area (TPSA) is 29.1 Å². The molecule has 1 amide bonds. The molecule has 0 aliphatic rings. The van der Waals surface area contributed by atoms with E-state index in [9.17, 15) is 9.18 Å². The number of carbonyl (C=O) groups excluding carboxylic acids is 1. The third-order valence-electron chi connectivity index (χ3n) is 3.06. The smallest absolute Gasteiger partial charge is 0.220 e. The first kappa shape index (κ1) is 16.0. The van der Waals surface area contributed by atoms with Crippen LogP contribution in [-0.2, 0) is 17.8 Å². The molecule has 2 rings (SSSR count).